The molecule has 0 amide bonds. The summed E-state index contributed by atoms with van der Waals surface area (Å²) in [5.74, 6) is 0. The average molecular weight is 318 g/mol. The minimum atomic E-state index is -3.38. The smallest absolute Gasteiger partial charge is 0.250 e. The second-order valence-electron chi connectivity index (χ2n) is 5.32. The van der Waals surface area contributed by atoms with Gasteiger partial charge in [0.25, 0.3) is 0 Å². The molecule has 0 aliphatic heterocycles. The van der Waals surface area contributed by atoms with Crippen molar-refractivity contribution in [3.05, 3.63) is 17.0 Å². The summed E-state index contributed by atoms with van der Waals surface area (Å²) in [5, 5.41) is 3.02. The van der Waals surface area contributed by atoms with Crippen LogP contribution in [0.1, 0.15) is 24.1 Å². The third-order valence-electron chi connectivity index (χ3n) is 3.68. The van der Waals surface area contributed by atoms with E-state index in [9.17, 15) is 8.42 Å². The first-order chi connectivity index (χ1) is 9.51. The van der Waals surface area contributed by atoms with Crippen LogP contribution in [-0.2, 0) is 21.3 Å². The third kappa shape index (κ3) is 4.02. The summed E-state index contributed by atoms with van der Waals surface area (Å²) in [5.41, 5.74) is 0.119. The fourth-order valence-electron chi connectivity index (χ4n) is 2.10. The summed E-state index contributed by atoms with van der Waals surface area (Å²) in [6.07, 6.45) is 3.07. The molecule has 1 fully saturated rings. The quantitative estimate of drug-likeness (QED) is 0.725. The van der Waals surface area contributed by atoms with Crippen LogP contribution in [0, 0.1) is 5.41 Å². The number of hydrogen-bond acceptors (Lipinski definition) is 5. The molecular formula is C13H22N2O3S2. The van der Waals surface area contributed by atoms with Crippen LogP contribution >= 0.6 is 11.3 Å². The molecule has 1 aliphatic rings. The number of methoxy groups -OCH3 is 1. The molecule has 1 aromatic heterocycles. The van der Waals surface area contributed by atoms with Gasteiger partial charge >= 0.3 is 0 Å². The molecule has 0 bridgehead atoms. The molecule has 2 rings (SSSR count). The van der Waals surface area contributed by atoms with E-state index in [1.54, 1.807) is 13.2 Å². The van der Waals surface area contributed by atoms with Crippen molar-refractivity contribution in [2.45, 2.75) is 30.0 Å². The second-order valence-corrected chi connectivity index (χ2v) is 8.48. The van der Waals surface area contributed by atoms with Crippen LogP contribution in [0.15, 0.2) is 16.3 Å². The van der Waals surface area contributed by atoms with Gasteiger partial charge < -0.3 is 10.1 Å². The number of nitrogens with one attached hydrogen (secondary N) is 2. The molecule has 0 radical (unpaired) electrons. The van der Waals surface area contributed by atoms with Crippen molar-refractivity contribution in [2.75, 3.05) is 27.3 Å². The minimum absolute atomic E-state index is 0.119. The Kier molecular flexibility index (Phi) is 5.19. The first-order valence-electron chi connectivity index (χ1n) is 6.73. The number of sulfonamides is 1. The van der Waals surface area contributed by atoms with E-state index < -0.39 is 10.0 Å². The Balaban J connectivity index is 1.93. The molecule has 1 aromatic rings. The zero-order chi connectivity index (χ0) is 14.6. The topological polar surface area (TPSA) is 67.4 Å². The van der Waals surface area contributed by atoms with Gasteiger partial charge in [0.2, 0.25) is 10.0 Å². The summed E-state index contributed by atoms with van der Waals surface area (Å²) in [6.45, 7) is 1.89. The van der Waals surface area contributed by atoms with E-state index in [-0.39, 0.29) is 5.41 Å². The molecule has 0 spiro atoms. The van der Waals surface area contributed by atoms with Crippen LogP contribution in [0.3, 0.4) is 0 Å². The Morgan fingerprint density at radius 3 is 2.75 bits per heavy atom. The summed E-state index contributed by atoms with van der Waals surface area (Å²) < 4.78 is 32.7. The molecule has 2 N–H and O–H groups in total. The van der Waals surface area contributed by atoms with E-state index in [2.05, 4.69) is 10.0 Å². The van der Waals surface area contributed by atoms with Crippen molar-refractivity contribution in [2.24, 2.45) is 5.41 Å². The van der Waals surface area contributed by atoms with Crippen molar-refractivity contribution in [3.63, 3.8) is 0 Å². The van der Waals surface area contributed by atoms with Crippen LogP contribution < -0.4 is 10.0 Å². The first kappa shape index (κ1) is 15.9. The van der Waals surface area contributed by atoms with Crippen LogP contribution in [-0.4, -0.2) is 35.7 Å². The van der Waals surface area contributed by atoms with E-state index >= 15 is 0 Å². The molecule has 0 atom stereocenters. The maximum Gasteiger partial charge on any atom is 0.250 e. The van der Waals surface area contributed by atoms with E-state index in [1.807, 2.05) is 13.1 Å². The number of hydrogen-bond donors (Lipinski definition) is 2. The Labute approximate surface area is 124 Å². The van der Waals surface area contributed by atoms with Crippen molar-refractivity contribution in [1.29, 1.82) is 0 Å². The SMILES string of the molecule is CNCc1ccc(S(=O)(=O)NCC2(CCOC)CC2)s1. The lowest BCUT2D eigenvalue weighted by atomic mass is 10.0. The van der Waals surface area contributed by atoms with Crippen molar-refractivity contribution in [1.82, 2.24) is 10.0 Å². The first-order valence-corrected chi connectivity index (χ1v) is 9.03. The van der Waals surface area contributed by atoms with Crippen LogP contribution in [0.25, 0.3) is 0 Å². The lowest BCUT2D eigenvalue weighted by molar-refractivity contribution is 0.173. The van der Waals surface area contributed by atoms with Crippen LogP contribution in [0.5, 0.6) is 0 Å². The highest BCUT2D eigenvalue weighted by atomic mass is 32.2. The standard InChI is InChI=1S/C13H22N2O3S2/c1-14-9-11-3-4-12(19-11)20(16,17)15-10-13(5-6-13)7-8-18-2/h3-4,14-15H,5-10H2,1-2H3. The van der Waals surface area contributed by atoms with Crippen molar-refractivity contribution < 1.29 is 13.2 Å². The maximum atomic E-state index is 12.2. The number of ether oxygens (including phenoxy) is 1. The predicted molar refractivity (Wildman–Crippen MR) is 80.4 cm³/mol. The highest BCUT2D eigenvalue weighted by Crippen LogP contribution is 2.48. The van der Waals surface area contributed by atoms with Crippen LogP contribution in [0.4, 0.5) is 0 Å². The molecule has 0 aromatic carbocycles. The van der Waals surface area contributed by atoms with Gasteiger partial charge in [-0.3, -0.25) is 0 Å². The Bertz CT molecular complexity index is 536. The molecule has 1 heterocycles. The lowest BCUT2D eigenvalue weighted by Crippen LogP contribution is -2.30. The summed E-state index contributed by atoms with van der Waals surface area (Å²) in [6, 6.07) is 3.53. The van der Waals surface area contributed by atoms with Gasteiger partial charge in [-0.05, 0) is 43.9 Å². The highest BCUT2D eigenvalue weighted by Gasteiger charge is 2.42. The third-order valence-corrected chi connectivity index (χ3v) is 6.66. The predicted octanol–water partition coefficient (Wildman–Crippen LogP) is 1.56. The van der Waals surface area contributed by atoms with Gasteiger partial charge in [0, 0.05) is 31.7 Å². The molecule has 5 nitrogen and oxygen atoms in total. The van der Waals surface area contributed by atoms with E-state index in [0.717, 1.165) is 24.1 Å². The molecule has 0 saturated heterocycles. The van der Waals surface area contributed by atoms with E-state index in [1.165, 1.54) is 11.3 Å². The molecule has 0 unspecified atom stereocenters. The van der Waals surface area contributed by atoms with Gasteiger partial charge in [-0.2, -0.15) is 0 Å². The zero-order valence-corrected chi connectivity index (χ0v) is 13.6. The van der Waals surface area contributed by atoms with Gasteiger partial charge in [0.15, 0.2) is 0 Å². The normalized spacial score (nSPS) is 17.3. The molecular weight excluding hydrogens is 296 g/mol. The number of rotatable bonds is 9. The van der Waals surface area contributed by atoms with Gasteiger partial charge in [0.1, 0.15) is 4.21 Å². The van der Waals surface area contributed by atoms with Gasteiger partial charge in [-0.15, -0.1) is 11.3 Å². The molecule has 7 heteroatoms. The molecule has 1 aliphatic carbocycles. The summed E-state index contributed by atoms with van der Waals surface area (Å²) >= 11 is 1.32. The lowest BCUT2D eigenvalue weighted by Gasteiger charge is -2.15. The molecule has 1 saturated carbocycles. The Morgan fingerprint density at radius 1 is 1.40 bits per heavy atom. The van der Waals surface area contributed by atoms with Gasteiger partial charge in [-0.25, -0.2) is 13.1 Å². The second kappa shape index (κ2) is 6.53. The molecule has 20 heavy (non-hydrogen) atoms. The monoisotopic (exact) mass is 318 g/mol. The van der Waals surface area contributed by atoms with Gasteiger partial charge in [-0.1, -0.05) is 0 Å². The molecule has 114 valence electrons. The highest BCUT2D eigenvalue weighted by molar-refractivity contribution is 7.91. The Morgan fingerprint density at radius 2 is 2.15 bits per heavy atom. The zero-order valence-electron chi connectivity index (χ0n) is 11.9. The fourth-order valence-corrected chi connectivity index (χ4v) is 4.67. The number of thiophene rings is 1. The Hall–Kier alpha value is -0.470. The largest absolute Gasteiger partial charge is 0.385 e. The van der Waals surface area contributed by atoms with Crippen molar-refractivity contribution >= 4 is 21.4 Å². The minimum Gasteiger partial charge on any atom is -0.385 e. The fraction of sp³-hybridized carbons (Fsp3) is 0.692. The average Bonchev–Trinajstić information content (AvgIpc) is 3.04. The summed E-state index contributed by atoms with van der Waals surface area (Å²) in [7, 11) is 0.146. The van der Waals surface area contributed by atoms with Crippen molar-refractivity contribution in [3.8, 4) is 0 Å². The van der Waals surface area contributed by atoms with E-state index in [4.69, 9.17) is 4.74 Å². The van der Waals surface area contributed by atoms with Crippen LogP contribution in [0.2, 0.25) is 0 Å². The van der Waals surface area contributed by atoms with Gasteiger partial charge in [0.05, 0.1) is 0 Å². The van der Waals surface area contributed by atoms with E-state index in [0.29, 0.717) is 23.9 Å². The summed E-state index contributed by atoms with van der Waals surface area (Å²) in [4.78, 5) is 1.02. The maximum absolute atomic E-state index is 12.2.